The average Bonchev–Trinajstić information content (AvgIpc) is 3.13. The van der Waals surface area contributed by atoms with Crippen LogP contribution < -0.4 is 9.54 Å². The lowest BCUT2D eigenvalue weighted by Gasteiger charge is -2.16. The van der Waals surface area contributed by atoms with Gasteiger partial charge in [-0.15, -0.1) is 0 Å². The monoisotopic (exact) mass is 475 g/mol. The van der Waals surface area contributed by atoms with Gasteiger partial charge in [0.05, 0.1) is 22.2 Å². The van der Waals surface area contributed by atoms with Crippen molar-refractivity contribution >= 4 is 37.5 Å². The van der Waals surface area contributed by atoms with E-state index in [4.69, 9.17) is 4.74 Å². The minimum atomic E-state index is -3.57. The van der Waals surface area contributed by atoms with Crippen molar-refractivity contribution in [3.05, 3.63) is 52.8 Å². The number of amides is 1. The maximum atomic E-state index is 12.8. The summed E-state index contributed by atoms with van der Waals surface area (Å²) < 4.78 is 35.0. The number of carbonyl (C=O) groups excluding carboxylic acids is 1. The Labute approximate surface area is 193 Å². The van der Waals surface area contributed by atoms with Gasteiger partial charge in [0.15, 0.2) is 4.80 Å². The van der Waals surface area contributed by atoms with Gasteiger partial charge in [-0.25, -0.2) is 12.7 Å². The Hall–Kier alpha value is -2.49. The molecular formula is C23H29N3O4S2. The summed E-state index contributed by atoms with van der Waals surface area (Å²) in [5.74, 6) is 0.345. The molecule has 0 aliphatic heterocycles. The van der Waals surface area contributed by atoms with Crippen molar-refractivity contribution in [2.24, 2.45) is 4.99 Å². The highest BCUT2D eigenvalue weighted by molar-refractivity contribution is 7.89. The number of sulfonamides is 1. The van der Waals surface area contributed by atoms with E-state index < -0.39 is 15.9 Å². The Morgan fingerprint density at radius 3 is 2.47 bits per heavy atom. The van der Waals surface area contributed by atoms with Crippen LogP contribution in [0, 0.1) is 0 Å². The summed E-state index contributed by atoms with van der Waals surface area (Å²) in [6, 6.07) is 11.8. The number of aromatic nitrogens is 1. The standard InChI is InChI=1S/C23H29N3O4S2/c1-5-7-15-25(3)32(28,29)19-11-8-17(9-12-19)22(27)24-23-26(14-6-2)20-13-10-18(30-4)16-21(20)31-23/h8-13,16H,5-7,14-15H2,1-4H3. The number of carbonyl (C=O) groups is 1. The Morgan fingerprint density at radius 2 is 1.84 bits per heavy atom. The third kappa shape index (κ3) is 5.11. The van der Waals surface area contributed by atoms with E-state index in [2.05, 4.69) is 11.9 Å². The molecule has 172 valence electrons. The zero-order valence-corrected chi connectivity index (χ0v) is 20.5. The zero-order chi connectivity index (χ0) is 23.3. The van der Waals surface area contributed by atoms with E-state index in [0.29, 0.717) is 16.9 Å². The molecule has 0 aliphatic rings. The van der Waals surface area contributed by atoms with E-state index in [9.17, 15) is 13.2 Å². The van der Waals surface area contributed by atoms with Gasteiger partial charge >= 0.3 is 0 Å². The third-order valence-electron chi connectivity index (χ3n) is 5.17. The molecule has 0 bridgehead atoms. The number of fused-ring (bicyclic) bond motifs is 1. The largest absolute Gasteiger partial charge is 0.497 e. The Bertz CT molecular complexity index is 1260. The number of hydrogen-bond acceptors (Lipinski definition) is 5. The average molecular weight is 476 g/mol. The van der Waals surface area contributed by atoms with Gasteiger partial charge in [-0.1, -0.05) is 31.6 Å². The molecule has 9 heteroatoms. The lowest BCUT2D eigenvalue weighted by Crippen LogP contribution is -2.27. The van der Waals surface area contributed by atoms with Crippen LogP contribution in [-0.4, -0.2) is 43.9 Å². The normalized spacial score (nSPS) is 12.6. The molecule has 0 aliphatic carbocycles. The first kappa shape index (κ1) is 24.2. The molecule has 0 saturated carbocycles. The molecular weight excluding hydrogens is 446 g/mol. The first-order valence-electron chi connectivity index (χ1n) is 10.6. The van der Waals surface area contributed by atoms with Crippen molar-refractivity contribution in [2.45, 2.75) is 44.6 Å². The second-order valence-corrected chi connectivity index (χ2v) is 10.5. The summed E-state index contributed by atoms with van der Waals surface area (Å²) in [7, 11) is -0.381. The first-order chi connectivity index (χ1) is 15.3. The highest BCUT2D eigenvalue weighted by atomic mass is 32.2. The second-order valence-electron chi connectivity index (χ2n) is 7.49. The Kier molecular flexibility index (Phi) is 7.86. The van der Waals surface area contributed by atoms with Crippen LogP contribution in [0.4, 0.5) is 0 Å². The summed E-state index contributed by atoms with van der Waals surface area (Å²) in [6.07, 6.45) is 2.61. The molecule has 32 heavy (non-hydrogen) atoms. The Morgan fingerprint density at radius 1 is 1.12 bits per heavy atom. The zero-order valence-electron chi connectivity index (χ0n) is 18.9. The number of thiazole rings is 1. The van der Waals surface area contributed by atoms with E-state index in [-0.39, 0.29) is 4.90 Å². The first-order valence-corrected chi connectivity index (χ1v) is 12.9. The molecule has 7 nitrogen and oxygen atoms in total. The predicted octanol–water partition coefficient (Wildman–Crippen LogP) is 4.28. The smallest absolute Gasteiger partial charge is 0.279 e. The van der Waals surface area contributed by atoms with Crippen LogP contribution in [-0.2, 0) is 16.6 Å². The lowest BCUT2D eigenvalue weighted by molar-refractivity contribution is 0.0997. The molecule has 1 aromatic heterocycles. The number of rotatable bonds is 9. The van der Waals surface area contributed by atoms with Crippen molar-refractivity contribution in [1.82, 2.24) is 8.87 Å². The fourth-order valence-corrected chi connectivity index (χ4v) is 5.60. The quantitative estimate of drug-likeness (QED) is 0.463. The van der Waals surface area contributed by atoms with E-state index in [1.54, 1.807) is 14.2 Å². The second kappa shape index (κ2) is 10.4. The summed E-state index contributed by atoms with van der Waals surface area (Å²) in [6.45, 7) is 5.28. The number of ether oxygens (including phenoxy) is 1. The molecule has 1 heterocycles. The summed E-state index contributed by atoms with van der Waals surface area (Å²) in [5, 5.41) is 0. The van der Waals surface area contributed by atoms with Gasteiger partial charge in [0.25, 0.3) is 5.91 Å². The van der Waals surface area contributed by atoms with Crippen molar-refractivity contribution in [1.29, 1.82) is 0 Å². The fraction of sp³-hybridized carbons (Fsp3) is 0.391. The van der Waals surface area contributed by atoms with Gasteiger partial charge in [0.2, 0.25) is 10.0 Å². The maximum Gasteiger partial charge on any atom is 0.279 e. The molecule has 3 aromatic rings. The number of methoxy groups -OCH3 is 1. The van der Waals surface area contributed by atoms with Crippen LogP contribution in [0.3, 0.4) is 0 Å². The summed E-state index contributed by atoms with van der Waals surface area (Å²) in [5.41, 5.74) is 1.35. The van der Waals surface area contributed by atoms with Crippen LogP contribution in [0.15, 0.2) is 52.4 Å². The molecule has 0 saturated heterocycles. The highest BCUT2D eigenvalue weighted by Gasteiger charge is 2.20. The highest BCUT2D eigenvalue weighted by Crippen LogP contribution is 2.23. The minimum absolute atomic E-state index is 0.169. The maximum absolute atomic E-state index is 12.8. The van der Waals surface area contributed by atoms with Crippen molar-refractivity contribution < 1.29 is 17.9 Å². The van der Waals surface area contributed by atoms with Gasteiger partial charge in [0, 0.05) is 25.7 Å². The topological polar surface area (TPSA) is 81.0 Å². The van der Waals surface area contributed by atoms with Gasteiger partial charge in [-0.3, -0.25) is 4.79 Å². The molecule has 0 fully saturated rings. The number of aryl methyl sites for hydroxylation is 1. The van der Waals surface area contributed by atoms with E-state index >= 15 is 0 Å². The number of hydrogen-bond donors (Lipinski definition) is 0. The molecule has 2 aromatic carbocycles. The van der Waals surface area contributed by atoms with E-state index in [1.165, 1.54) is 39.9 Å². The summed E-state index contributed by atoms with van der Waals surface area (Å²) in [4.78, 5) is 18.0. The molecule has 0 spiro atoms. The van der Waals surface area contributed by atoms with Crippen LogP contribution in [0.1, 0.15) is 43.5 Å². The molecule has 0 radical (unpaired) electrons. The minimum Gasteiger partial charge on any atom is -0.497 e. The van der Waals surface area contributed by atoms with Crippen molar-refractivity contribution in [2.75, 3.05) is 20.7 Å². The van der Waals surface area contributed by atoms with Crippen LogP contribution in [0.5, 0.6) is 5.75 Å². The van der Waals surface area contributed by atoms with Gasteiger partial charge in [-0.05, 0) is 55.3 Å². The van der Waals surface area contributed by atoms with Crippen LogP contribution in [0.2, 0.25) is 0 Å². The van der Waals surface area contributed by atoms with E-state index in [1.807, 2.05) is 29.7 Å². The third-order valence-corrected chi connectivity index (χ3v) is 8.08. The van der Waals surface area contributed by atoms with E-state index in [0.717, 1.165) is 41.8 Å². The fourth-order valence-electron chi connectivity index (χ4n) is 3.31. The number of nitrogens with zero attached hydrogens (tertiary/aromatic N) is 3. The van der Waals surface area contributed by atoms with Gasteiger partial charge < -0.3 is 9.30 Å². The molecule has 3 rings (SSSR count). The number of unbranched alkanes of at least 4 members (excludes halogenated alkanes) is 1. The molecule has 0 N–H and O–H groups in total. The van der Waals surface area contributed by atoms with Crippen molar-refractivity contribution in [3.63, 3.8) is 0 Å². The number of benzene rings is 2. The lowest BCUT2D eigenvalue weighted by atomic mass is 10.2. The van der Waals surface area contributed by atoms with Gasteiger partial charge in [-0.2, -0.15) is 4.99 Å². The molecule has 0 unspecified atom stereocenters. The Balaban J connectivity index is 1.93. The SMILES string of the molecule is CCCCN(C)S(=O)(=O)c1ccc(C(=O)N=c2sc3cc(OC)ccc3n2CCC)cc1. The summed E-state index contributed by atoms with van der Waals surface area (Å²) >= 11 is 1.43. The van der Waals surface area contributed by atoms with Crippen LogP contribution in [0.25, 0.3) is 10.2 Å². The molecule has 0 atom stereocenters. The molecule has 1 amide bonds. The van der Waals surface area contributed by atoms with Crippen molar-refractivity contribution in [3.8, 4) is 5.75 Å². The predicted molar refractivity (Wildman–Crippen MR) is 128 cm³/mol. The van der Waals surface area contributed by atoms with Crippen LogP contribution >= 0.6 is 11.3 Å². The van der Waals surface area contributed by atoms with Gasteiger partial charge in [0.1, 0.15) is 5.75 Å².